The van der Waals surface area contributed by atoms with Gasteiger partial charge in [-0.1, -0.05) is 19.6 Å². The average molecular weight is 438 g/mol. The molecule has 0 spiro atoms. The molecule has 7 nitrogen and oxygen atoms in total. The van der Waals surface area contributed by atoms with Gasteiger partial charge in [-0.05, 0) is 28.0 Å². The highest BCUT2D eigenvalue weighted by atomic mass is 79.9. The van der Waals surface area contributed by atoms with Gasteiger partial charge in [0.2, 0.25) is 5.89 Å². The topological polar surface area (TPSA) is 90.4 Å². The van der Waals surface area contributed by atoms with Crippen molar-refractivity contribution in [3.63, 3.8) is 0 Å². The van der Waals surface area contributed by atoms with E-state index < -0.39 is 14.0 Å². The number of carboxylic acids is 1. The molecule has 138 valence electrons. The Kier molecular flexibility index (Phi) is 5.31. The summed E-state index contributed by atoms with van der Waals surface area (Å²) in [7, 11) is -1.15. The number of aromatic nitrogens is 3. The minimum Gasteiger partial charge on any atom is -0.476 e. The number of fused-ring (bicyclic) bond motifs is 1. The van der Waals surface area contributed by atoms with Crippen LogP contribution in [0.3, 0.4) is 0 Å². The zero-order valence-corrected chi connectivity index (χ0v) is 17.4. The van der Waals surface area contributed by atoms with E-state index in [1.807, 2.05) is 16.8 Å². The molecule has 0 fully saturated rings. The largest absolute Gasteiger partial charge is 0.476 e. The first-order valence-electron chi connectivity index (χ1n) is 8.16. The van der Waals surface area contributed by atoms with Gasteiger partial charge >= 0.3 is 5.97 Å². The molecule has 3 aromatic rings. The third-order valence-corrected chi connectivity index (χ3v) is 6.00. The summed E-state index contributed by atoms with van der Waals surface area (Å²) in [4.78, 5) is 19.6. The Morgan fingerprint density at radius 1 is 1.42 bits per heavy atom. The molecule has 0 unspecified atom stereocenters. The first-order valence-corrected chi connectivity index (χ1v) is 12.7. The van der Waals surface area contributed by atoms with Crippen molar-refractivity contribution in [3.8, 4) is 11.5 Å². The Morgan fingerprint density at radius 2 is 2.19 bits per heavy atom. The summed E-state index contributed by atoms with van der Waals surface area (Å²) in [5.41, 5.74) is 1.27. The molecule has 0 saturated heterocycles. The zero-order chi connectivity index (χ0) is 18.9. The van der Waals surface area contributed by atoms with Crippen molar-refractivity contribution in [1.82, 2.24) is 14.5 Å². The Hall–Kier alpha value is -1.97. The summed E-state index contributed by atoms with van der Waals surface area (Å²) >= 11 is 3.42. The van der Waals surface area contributed by atoms with Crippen LogP contribution in [-0.2, 0) is 11.5 Å². The van der Waals surface area contributed by atoms with E-state index in [2.05, 4.69) is 45.5 Å². The Balaban J connectivity index is 1.91. The zero-order valence-electron chi connectivity index (χ0n) is 14.8. The van der Waals surface area contributed by atoms with E-state index >= 15 is 0 Å². The molecule has 0 amide bonds. The molecule has 3 aromatic heterocycles. The van der Waals surface area contributed by atoms with Crippen LogP contribution in [0.1, 0.15) is 10.5 Å². The minimum absolute atomic E-state index is 0.129. The molecule has 0 saturated carbocycles. The molecule has 0 bridgehead atoms. The van der Waals surface area contributed by atoms with Crippen LogP contribution >= 0.6 is 15.9 Å². The monoisotopic (exact) mass is 437 g/mol. The standard InChI is InChI=1S/C17H20BrN3O4Si/c1-26(2,3)5-4-24-10-21-8-13(12-6-11(18)7-19-15(12)21)16-20-14(9-25-16)17(22)23/h6-9H,4-5,10H2,1-3H3,(H,22,23). The quantitative estimate of drug-likeness (QED) is 0.433. The van der Waals surface area contributed by atoms with Crippen LogP contribution in [0.25, 0.3) is 22.5 Å². The van der Waals surface area contributed by atoms with Gasteiger partial charge in [-0.25, -0.2) is 14.8 Å². The normalized spacial score (nSPS) is 12.0. The van der Waals surface area contributed by atoms with Gasteiger partial charge in [0, 0.05) is 36.9 Å². The molecule has 1 N–H and O–H groups in total. The van der Waals surface area contributed by atoms with Gasteiger partial charge in [-0.2, -0.15) is 0 Å². The van der Waals surface area contributed by atoms with Crippen LogP contribution in [0.5, 0.6) is 0 Å². The number of hydrogen-bond acceptors (Lipinski definition) is 5. The van der Waals surface area contributed by atoms with E-state index in [-0.39, 0.29) is 11.6 Å². The Labute approximate surface area is 160 Å². The fraction of sp³-hybridized carbons (Fsp3) is 0.353. The van der Waals surface area contributed by atoms with Crippen LogP contribution in [0, 0.1) is 0 Å². The van der Waals surface area contributed by atoms with E-state index in [9.17, 15) is 4.79 Å². The van der Waals surface area contributed by atoms with Gasteiger partial charge in [0.25, 0.3) is 0 Å². The lowest BCUT2D eigenvalue weighted by molar-refractivity contribution is 0.0690. The molecule has 3 rings (SSSR count). The van der Waals surface area contributed by atoms with Crippen molar-refractivity contribution in [3.05, 3.63) is 34.9 Å². The summed E-state index contributed by atoms with van der Waals surface area (Å²) in [6, 6.07) is 2.99. The highest BCUT2D eigenvalue weighted by molar-refractivity contribution is 9.10. The lowest BCUT2D eigenvalue weighted by Gasteiger charge is -2.15. The molecule has 0 atom stereocenters. The molecule has 26 heavy (non-hydrogen) atoms. The lowest BCUT2D eigenvalue weighted by Crippen LogP contribution is -2.22. The number of ether oxygens (including phenoxy) is 1. The smallest absolute Gasteiger partial charge is 0.357 e. The van der Waals surface area contributed by atoms with E-state index in [1.165, 1.54) is 0 Å². The molecule has 0 aliphatic carbocycles. The number of carboxylic acid groups (broad SMARTS) is 1. The van der Waals surface area contributed by atoms with Gasteiger partial charge < -0.3 is 18.8 Å². The fourth-order valence-corrected chi connectivity index (χ4v) is 3.54. The number of pyridine rings is 1. The summed E-state index contributed by atoms with van der Waals surface area (Å²) in [6.45, 7) is 7.98. The second-order valence-corrected chi connectivity index (χ2v) is 13.8. The van der Waals surface area contributed by atoms with Gasteiger partial charge in [0.05, 0.1) is 5.56 Å². The Bertz CT molecular complexity index is 945. The second kappa shape index (κ2) is 7.34. The number of nitrogens with zero attached hydrogens (tertiary/aromatic N) is 3. The van der Waals surface area contributed by atoms with E-state index in [4.69, 9.17) is 14.3 Å². The van der Waals surface area contributed by atoms with Crippen LogP contribution in [-0.4, -0.2) is 40.3 Å². The maximum absolute atomic E-state index is 11.1. The minimum atomic E-state index is -1.15. The van der Waals surface area contributed by atoms with Crippen molar-refractivity contribution in [1.29, 1.82) is 0 Å². The average Bonchev–Trinajstić information content (AvgIpc) is 3.15. The van der Waals surface area contributed by atoms with Crippen LogP contribution in [0.4, 0.5) is 0 Å². The predicted molar refractivity (Wildman–Crippen MR) is 104 cm³/mol. The summed E-state index contributed by atoms with van der Waals surface area (Å²) in [5, 5.41) is 9.86. The SMILES string of the molecule is C[Si](C)(C)CCOCn1cc(-c2nc(C(=O)O)co2)c2cc(Br)cnc21. The Morgan fingerprint density at radius 3 is 2.85 bits per heavy atom. The summed E-state index contributed by atoms with van der Waals surface area (Å²) in [6.07, 6.45) is 4.68. The number of carbonyl (C=O) groups is 1. The molecule has 0 aromatic carbocycles. The first kappa shape index (κ1) is 18.8. The maximum atomic E-state index is 11.1. The van der Waals surface area contributed by atoms with Gasteiger partial charge in [0.1, 0.15) is 18.6 Å². The van der Waals surface area contributed by atoms with E-state index in [0.717, 1.165) is 27.8 Å². The third kappa shape index (κ3) is 4.22. The van der Waals surface area contributed by atoms with Gasteiger partial charge in [-0.3, -0.25) is 0 Å². The van der Waals surface area contributed by atoms with Crippen LogP contribution in [0.15, 0.2) is 33.6 Å². The second-order valence-electron chi connectivity index (χ2n) is 7.23. The molecule has 0 aliphatic rings. The van der Waals surface area contributed by atoms with Crippen molar-refractivity contribution in [2.45, 2.75) is 32.4 Å². The van der Waals surface area contributed by atoms with Crippen molar-refractivity contribution in [2.24, 2.45) is 0 Å². The predicted octanol–water partition coefficient (Wildman–Crippen LogP) is 4.46. The third-order valence-electron chi connectivity index (χ3n) is 3.86. The molecule has 0 aliphatic heterocycles. The first-order chi connectivity index (χ1) is 12.2. The summed E-state index contributed by atoms with van der Waals surface area (Å²) < 4.78 is 13.9. The number of halogens is 1. The molecular formula is C17H20BrN3O4Si. The van der Waals surface area contributed by atoms with Gasteiger partial charge in [0.15, 0.2) is 5.69 Å². The van der Waals surface area contributed by atoms with E-state index in [0.29, 0.717) is 18.9 Å². The van der Waals surface area contributed by atoms with Crippen LogP contribution < -0.4 is 0 Å². The van der Waals surface area contributed by atoms with Gasteiger partial charge in [-0.15, -0.1) is 0 Å². The molecule has 9 heteroatoms. The molecular weight excluding hydrogens is 418 g/mol. The number of hydrogen-bond donors (Lipinski definition) is 1. The number of aromatic carboxylic acids is 1. The van der Waals surface area contributed by atoms with Crippen molar-refractivity contribution >= 4 is 41.0 Å². The number of rotatable bonds is 7. The molecule has 3 heterocycles. The lowest BCUT2D eigenvalue weighted by atomic mass is 10.2. The fourth-order valence-electron chi connectivity index (χ4n) is 2.45. The summed E-state index contributed by atoms with van der Waals surface area (Å²) in [5.74, 6) is -0.883. The van der Waals surface area contributed by atoms with Crippen LogP contribution in [0.2, 0.25) is 25.7 Å². The van der Waals surface area contributed by atoms with E-state index in [1.54, 1.807) is 6.20 Å². The highest BCUT2D eigenvalue weighted by Crippen LogP contribution is 2.31. The van der Waals surface area contributed by atoms with Crippen molar-refractivity contribution in [2.75, 3.05) is 6.61 Å². The number of oxazole rings is 1. The maximum Gasteiger partial charge on any atom is 0.357 e. The molecule has 0 radical (unpaired) electrons. The highest BCUT2D eigenvalue weighted by Gasteiger charge is 2.19. The van der Waals surface area contributed by atoms with Crippen molar-refractivity contribution < 1.29 is 19.1 Å².